The lowest BCUT2D eigenvalue weighted by atomic mass is 10.1. The van der Waals surface area contributed by atoms with Crippen LogP contribution in [0.15, 0.2) is 85.1 Å². The first-order chi connectivity index (χ1) is 29.6. The monoisotopic (exact) mass is 855 g/mol. The Kier molecular flexibility index (Phi) is 40.6. The molecule has 348 valence electrons. The minimum Gasteiger partial charge on any atom is -0.477 e. The van der Waals surface area contributed by atoms with E-state index in [1.54, 1.807) is 0 Å². The second kappa shape index (κ2) is 43.1. The fourth-order valence-electron chi connectivity index (χ4n) is 5.99. The van der Waals surface area contributed by atoms with Gasteiger partial charge in [0.25, 0.3) is 6.29 Å². The van der Waals surface area contributed by atoms with Crippen molar-refractivity contribution in [2.45, 2.75) is 180 Å². The zero-order valence-electron chi connectivity index (χ0n) is 39.3. The van der Waals surface area contributed by atoms with Crippen molar-refractivity contribution in [1.29, 1.82) is 0 Å². The van der Waals surface area contributed by atoms with E-state index in [9.17, 15) is 19.5 Å². The first kappa shape index (κ1) is 57.5. The van der Waals surface area contributed by atoms with Crippen molar-refractivity contribution < 1.29 is 42.9 Å². The number of quaternary nitrogens is 1. The van der Waals surface area contributed by atoms with Gasteiger partial charge in [0.2, 0.25) is 0 Å². The molecule has 0 heterocycles. The summed E-state index contributed by atoms with van der Waals surface area (Å²) in [4.78, 5) is 37.0. The summed E-state index contributed by atoms with van der Waals surface area (Å²) in [6.45, 7) is 4.69. The number of carboxylic acid groups (broad SMARTS) is 1. The van der Waals surface area contributed by atoms with Crippen molar-refractivity contribution in [3.05, 3.63) is 85.1 Å². The van der Waals surface area contributed by atoms with E-state index in [4.69, 9.17) is 18.9 Å². The Labute approximate surface area is 372 Å². The molecule has 0 bridgehead atoms. The third kappa shape index (κ3) is 44.3. The van der Waals surface area contributed by atoms with Crippen molar-refractivity contribution in [3.8, 4) is 0 Å². The van der Waals surface area contributed by atoms with Crippen molar-refractivity contribution >= 4 is 17.9 Å². The van der Waals surface area contributed by atoms with E-state index in [0.29, 0.717) is 23.9 Å². The molecule has 0 radical (unpaired) electrons. The lowest BCUT2D eigenvalue weighted by molar-refractivity contribution is -0.870. The molecule has 2 unspecified atom stereocenters. The summed E-state index contributed by atoms with van der Waals surface area (Å²) in [7, 11) is 5.94. The standard InChI is InChI=1S/C52H87NO8/c1-6-8-10-12-14-16-17-18-19-20-21-22-23-24-25-26-27-28-29-30-31-32-33-35-37-39-41-43-50(55)61-48(47-60-52(51(56)57)58-45-44-53(3,4)5)46-59-49(54)42-40-38-36-34-15-13-11-9-7-2/h8,10,14,16,18-19,21-22,24-25,27-28,30-31,48,52H,6-7,9,11-13,15,17,20,23,26,29,32-47H2,1-5H3/p+1/b10-8-,16-14-,19-18-,22-21-,25-24-,28-27-,31-30-. The summed E-state index contributed by atoms with van der Waals surface area (Å²) in [6.07, 6.45) is 52.3. The van der Waals surface area contributed by atoms with E-state index >= 15 is 0 Å². The first-order valence-electron chi connectivity index (χ1n) is 23.8. The van der Waals surface area contributed by atoms with Crippen LogP contribution in [0.2, 0.25) is 0 Å². The van der Waals surface area contributed by atoms with Crippen LogP contribution in [0.3, 0.4) is 0 Å². The number of esters is 2. The van der Waals surface area contributed by atoms with Crippen LogP contribution in [0.1, 0.15) is 168 Å². The topological polar surface area (TPSA) is 108 Å². The average molecular weight is 855 g/mol. The van der Waals surface area contributed by atoms with Crippen molar-refractivity contribution in [2.24, 2.45) is 0 Å². The highest BCUT2D eigenvalue weighted by atomic mass is 16.7. The summed E-state index contributed by atoms with van der Waals surface area (Å²) < 4.78 is 22.7. The molecular weight excluding hydrogens is 767 g/mol. The summed E-state index contributed by atoms with van der Waals surface area (Å²) in [5.41, 5.74) is 0. The molecule has 9 heteroatoms. The van der Waals surface area contributed by atoms with Gasteiger partial charge in [0, 0.05) is 12.8 Å². The number of carboxylic acids is 1. The minimum atomic E-state index is -1.52. The molecule has 0 saturated heterocycles. The highest BCUT2D eigenvalue weighted by molar-refractivity contribution is 5.71. The number of unbranched alkanes of at least 4 members (excludes halogenated alkanes) is 13. The number of carbonyl (C=O) groups is 3. The molecule has 0 saturated carbocycles. The van der Waals surface area contributed by atoms with Crippen LogP contribution in [0, 0.1) is 0 Å². The number of hydrogen-bond donors (Lipinski definition) is 1. The molecule has 2 atom stereocenters. The van der Waals surface area contributed by atoms with Crippen molar-refractivity contribution in [1.82, 2.24) is 0 Å². The van der Waals surface area contributed by atoms with Crippen molar-refractivity contribution in [2.75, 3.05) is 47.5 Å². The van der Waals surface area contributed by atoms with Crippen LogP contribution >= 0.6 is 0 Å². The SMILES string of the molecule is CC/C=C\C/C=C\C/C=C\C/C=C\C/C=C\C/C=C\C/C=C\CCCCCCCC(=O)OC(COC(=O)CCCCCCCCCCC)COC(OCC[N+](C)(C)C)C(=O)O. The third-order valence-corrected chi connectivity index (χ3v) is 9.67. The van der Waals surface area contributed by atoms with Gasteiger partial charge >= 0.3 is 17.9 Å². The Balaban J connectivity index is 4.35. The maximum Gasteiger partial charge on any atom is 0.361 e. The summed E-state index contributed by atoms with van der Waals surface area (Å²) in [5, 5.41) is 9.63. The van der Waals surface area contributed by atoms with E-state index < -0.39 is 24.3 Å². The number of hydrogen-bond acceptors (Lipinski definition) is 7. The van der Waals surface area contributed by atoms with Crippen LogP contribution in [0.4, 0.5) is 0 Å². The van der Waals surface area contributed by atoms with Crippen LogP contribution in [-0.2, 0) is 33.3 Å². The number of aliphatic carboxylic acids is 1. The van der Waals surface area contributed by atoms with Gasteiger partial charge in [0.15, 0.2) is 6.10 Å². The van der Waals surface area contributed by atoms with E-state index in [1.807, 2.05) is 21.1 Å². The minimum absolute atomic E-state index is 0.180. The fourth-order valence-corrected chi connectivity index (χ4v) is 5.99. The Bertz CT molecular complexity index is 1270. The summed E-state index contributed by atoms with van der Waals surface area (Å²) in [6, 6.07) is 0. The second-order valence-corrected chi connectivity index (χ2v) is 16.7. The van der Waals surface area contributed by atoms with Crippen LogP contribution in [-0.4, -0.2) is 87.4 Å². The van der Waals surface area contributed by atoms with Crippen LogP contribution < -0.4 is 0 Å². The highest BCUT2D eigenvalue weighted by Crippen LogP contribution is 2.13. The number of rotatable bonds is 42. The molecule has 0 aliphatic carbocycles. The molecule has 0 aromatic heterocycles. The van der Waals surface area contributed by atoms with Gasteiger partial charge in [-0.2, -0.15) is 0 Å². The lowest BCUT2D eigenvalue weighted by Gasteiger charge is -2.25. The van der Waals surface area contributed by atoms with Crippen LogP contribution in [0.5, 0.6) is 0 Å². The molecule has 9 nitrogen and oxygen atoms in total. The predicted molar refractivity (Wildman–Crippen MR) is 253 cm³/mol. The Morgan fingerprint density at radius 3 is 1.39 bits per heavy atom. The zero-order valence-corrected chi connectivity index (χ0v) is 39.3. The molecule has 0 aliphatic heterocycles. The summed E-state index contributed by atoms with van der Waals surface area (Å²) in [5.74, 6) is -2.05. The summed E-state index contributed by atoms with van der Waals surface area (Å²) >= 11 is 0. The van der Waals surface area contributed by atoms with Gasteiger partial charge in [-0.15, -0.1) is 0 Å². The molecule has 0 aromatic carbocycles. The van der Waals surface area contributed by atoms with Crippen molar-refractivity contribution in [3.63, 3.8) is 0 Å². The van der Waals surface area contributed by atoms with E-state index in [0.717, 1.165) is 96.3 Å². The zero-order chi connectivity index (χ0) is 44.9. The normalized spacial score (nSPS) is 13.7. The Morgan fingerprint density at radius 2 is 0.934 bits per heavy atom. The molecule has 61 heavy (non-hydrogen) atoms. The molecule has 0 aromatic rings. The Hall–Kier alpha value is -3.53. The lowest BCUT2D eigenvalue weighted by Crippen LogP contribution is -2.40. The van der Waals surface area contributed by atoms with Gasteiger partial charge in [-0.1, -0.05) is 170 Å². The third-order valence-electron chi connectivity index (χ3n) is 9.67. The predicted octanol–water partition coefficient (Wildman–Crippen LogP) is 12.9. The van der Waals surface area contributed by atoms with Gasteiger partial charge in [-0.05, 0) is 70.6 Å². The number of carbonyl (C=O) groups excluding carboxylic acids is 2. The molecule has 0 rings (SSSR count). The van der Waals surface area contributed by atoms with Gasteiger partial charge in [-0.25, -0.2) is 4.79 Å². The first-order valence-corrected chi connectivity index (χ1v) is 23.8. The molecule has 0 aliphatic rings. The number of ether oxygens (including phenoxy) is 4. The largest absolute Gasteiger partial charge is 0.477 e. The Morgan fingerprint density at radius 1 is 0.508 bits per heavy atom. The van der Waals surface area contributed by atoms with Gasteiger partial charge in [0.1, 0.15) is 13.2 Å². The maximum atomic E-state index is 12.8. The van der Waals surface area contributed by atoms with Gasteiger partial charge in [-0.3, -0.25) is 9.59 Å². The van der Waals surface area contributed by atoms with E-state index in [-0.39, 0.29) is 32.2 Å². The molecule has 1 N–H and O–H groups in total. The van der Waals surface area contributed by atoms with E-state index in [2.05, 4.69) is 98.9 Å². The maximum absolute atomic E-state index is 12.8. The molecule has 0 amide bonds. The van der Waals surface area contributed by atoms with Crippen LogP contribution in [0.25, 0.3) is 0 Å². The second-order valence-electron chi connectivity index (χ2n) is 16.7. The molecule has 0 fully saturated rings. The average Bonchev–Trinajstić information content (AvgIpc) is 3.22. The number of likely N-dealkylation sites (N-methyl/N-ethyl adjacent to an activating group) is 1. The smallest absolute Gasteiger partial charge is 0.361 e. The van der Waals surface area contributed by atoms with Gasteiger partial charge in [0.05, 0.1) is 34.4 Å². The highest BCUT2D eigenvalue weighted by Gasteiger charge is 2.25. The fraction of sp³-hybridized carbons (Fsp3) is 0.673. The number of allylic oxidation sites excluding steroid dienone is 14. The van der Waals surface area contributed by atoms with E-state index in [1.165, 1.54) is 38.5 Å². The molecule has 0 spiro atoms. The quantitative estimate of drug-likeness (QED) is 0.0213. The number of nitrogens with zero attached hydrogens (tertiary/aromatic N) is 1. The molecular formula is C52H88NO8+. The van der Waals surface area contributed by atoms with Gasteiger partial charge < -0.3 is 28.5 Å².